The summed E-state index contributed by atoms with van der Waals surface area (Å²) < 4.78 is 0. The molecule has 1 heterocycles. The largest absolute Gasteiger partial charge is 0.323 e. The van der Waals surface area contributed by atoms with Crippen molar-refractivity contribution in [2.24, 2.45) is 5.73 Å². The molecule has 0 spiro atoms. The van der Waals surface area contributed by atoms with Crippen molar-refractivity contribution in [3.05, 3.63) is 29.3 Å². The number of aryl methyl sites for hydroxylation is 1. The molecule has 0 radical (unpaired) electrons. The lowest BCUT2D eigenvalue weighted by Gasteiger charge is -2.11. The molecule has 1 aliphatic heterocycles. The van der Waals surface area contributed by atoms with Crippen LogP contribution in [0, 0.1) is 18.3 Å². The molecule has 1 aliphatic rings. The van der Waals surface area contributed by atoms with E-state index in [4.69, 9.17) is 11.0 Å². The SMILES string of the molecule is Cc1ccc2c(c1)NC(=O)[C@]2(N)C#N. The van der Waals surface area contributed by atoms with Gasteiger partial charge in [-0.3, -0.25) is 4.79 Å². The number of carbonyl (C=O) groups excluding carboxylic acids is 1. The smallest absolute Gasteiger partial charge is 0.264 e. The lowest BCUT2D eigenvalue weighted by molar-refractivity contribution is -0.118. The van der Waals surface area contributed by atoms with Gasteiger partial charge >= 0.3 is 0 Å². The molecule has 0 aliphatic carbocycles. The van der Waals surface area contributed by atoms with Crippen molar-refractivity contribution < 1.29 is 4.79 Å². The van der Waals surface area contributed by atoms with Gasteiger partial charge in [0.1, 0.15) is 0 Å². The zero-order chi connectivity index (χ0) is 10.3. The molecule has 0 aromatic heterocycles. The molecular weight excluding hydrogens is 178 g/mol. The molecule has 4 nitrogen and oxygen atoms in total. The van der Waals surface area contributed by atoms with Crippen molar-refractivity contribution in [2.45, 2.75) is 12.5 Å². The topological polar surface area (TPSA) is 78.9 Å². The fraction of sp³-hybridized carbons (Fsp3) is 0.200. The zero-order valence-electron chi connectivity index (χ0n) is 7.66. The predicted molar refractivity (Wildman–Crippen MR) is 51.3 cm³/mol. The fourth-order valence-electron chi connectivity index (χ4n) is 1.56. The average Bonchev–Trinajstić information content (AvgIpc) is 2.39. The van der Waals surface area contributed by atoms with Crippen LogP contribution in [0.1, 0.15) is 11.1 Å². The van der Waals surface area contributed by atoms with E-state index in [2.05, 4.69) is 5.32 Å². The highest BCUT2D eigenvalue weighted by Crippen LogP contribution is 2.33. The standard InChI is InChI=1S/C10H9N3O/c1-6-2-3-7-8(4-6)13-9(14)10(7,12)5-11/h2-4H,12H2,1H3,(H,13,14)/t10-/m0/s1. The van der Waals surface area contributed by atoms with Crippen molar-refractivity contribution in [1.29, 1.82) is 5.26 Å². The molecule has 1 aromatic carbocycles. The molecule has 4 heteroatoms. The number of amides is 1. The quantitative estimate of drug-likeness (QED) is 0.625. The Morgan fingerprint density at radius 3 is 2.93 bits per heavy atom. The van der Waals surface area contributed by atoms with Crippen LogP contribution in [0.3, 0.4) is 0 Å². The minimum atomic E-state index is -1.52. The first-order chi connectivity index (χ1) is 6.58. The number of nitrogens with zero attached hydrogens (tertiary/aromatic N) is 1. The maximum Gasteiger partial charge on any atom is 0.264 e. The average molecular weight is 187 g/mol. The number of nitrogens with one attached hydrogen (secondary N) is 1. The van der Waals surface area contributed by atoms with E-state index in [1.54, 1.807) is 12.1 Å². The molecule has 0 saturated carbocycles. The Morgan fingerprint density at radius 1 is 1.57 bits per heavy atom. The van der Waals surface area contributed by atoms with Gasteiger partial charge in [0.15, 0.2) is 0 Å². The summed E-state index contributed by atoms with van der Waals surface area (Å²) in [6, 6.07) is 7.18. The molecule has 3 N–H and O–H groups in total. The highest BCUT2D eigenvalue weighted by Gasteiger charge is 2.43. The van der Waals surface area contributed by atoms with Crippen molar-refractivity contribution in [3.63, 3.8) is 0 Å². The normalized spacial score (nSPS) is 23.9. The third-order valence-electron chi connectivity index (χ3n) is 2.38. The maximum atomic E-state index is 11.4. The minimum Gasteiger partial charge on any atom is -0.323 e. The van der Waals surface area contributed by atoms with E-state index in [-0.39, 0.29) is 0 Å². The third-order valence-corrected chi connectivity index (χ3v) is 2.38. The van der Waals surface area contributed by atoms with Gasteiger partial charge in [0, 0.05) is 11.3 Å². The Balaban J connectivity index is 2.66. The monoisotopic (exact) mass is 187 g/mol. The van der Waals surface area contributed by atoms with Gasteiger partial charge in [0.25, 0.3) is 5.91 Å². The molecular formula is C10H9N3O. The molecule has 0 fully saturated rings. The lowest BCUT2D eigenvalue weighted by Crippen LogP contribution is -2.41. The number of anilines is 1. The summed E-state index contributed by atoms with van der Waals surface area (Å²) in [5, 5.41) is 11.5. The summed E-state index contributed by atoms with van der Waals surface area (Å²) in [6.07, 6.45) is 0. The Bertz CT molecular complexity index is 461. The third kappa shape index (κ3) is 0.932. The highest BCUT2D eigenvalue weighted by molar-refractivity contribution is 6.07. The number of fused-ring (bicyclic) bond motifs is 1. The Morgan fingerprint density at radius 2 is 2.29 bits per heavy atom. The number of nitriles is 1. The number of benzene rings is 1. The molecule has 1 amide bonds. The van der Waals surface area contributed by atoms with Crippen molar-refractivity contribution in [2.75, 3.05) is 5.32 Å². The zero-order valence-corrected chi connectivity index (χ0v) is 7.66. The number of carbonyl (C=O) groups is 1. The number of hydrogen-bond acceptors (Lipinski definition) is 3. The van der Waals surface area contributed by atoms with E-state index < -0.39 is 11.4 Å². The second kappa shape index (κ2) is 2.56. The van der Waals surface area contributed by atoms with Crippen LogP contribution in [-0.2, 0) is 10.3 Å². The Hall–Kier alpha value is -1.86. The molecule has 1 atom stereocenters. The molecule has 0 unspecified atom stereocenters. The maximum absolute atomic E-state index is 11.4. The van der Waals surface area contributed by atoms with E-state index >= 15 is 0 Å². The van der Waals surface area contributed by atoms with Gasteiger partial charge in [-0.1, -0.05) is 12.1 Å². The first-order valence-electron chi connectivity index (χ1n) is 4.20. The summed E-state index contributed by atoms with van der Waals surface area (Å²) in [4.78, 5) is 11.4. The van der Waals surface area contributed by atoms with Gasteiger partial charge in [-0.2, -0.15) is 5.26 Å². The van der Waals surface area contributed by atoms with Crippen molar-refractivity contribution >= 4 is 11.6 Å². The predicted octanol–water partition coefficient (Wildman–Crippen LogP) is 0.625. The van der Waals surface area contributed by atoms with Gasteiger partial charge in [-0.05, 0) is 18.6 Å². The van der Waals surface area contributed by atoms with Crippen LogP contribution in [-0.4, -0.2) is 5.91 Å². The number of nitrogens with two attached hydrogens (primary N) is 1. The van der Waals surface area contributed by atoms with E-state index in [9.17, 15) is 4.79 Å². The van der Waals surface area contributed by atoms with E-state index in [1.165, 1.54) is 0 Å². The Kier molecular flexibility index (Phi) is 1.60. The molecule has 2 rings (SSSR count). The van der Waals surface area contributed by atoms with Gasteiger partial charge in [0.2, 0.25) is 5.54 Å². The van der Waals surface area contributed by atoms with Crippen LogP contribution < -0.4 is 11.1 Å². The van der Waals surface area contributed by atoms with Crippen LogP contribution >= 0.6 is 0 Å². The second-order valence-electron chi connectivity index (χ2n) is 3.42. The van der Waals surface area contributed by atoms with Gasteiger partial charge in [-0.25, -0.2) is 0 Å². The van der Waals surface area contributed by atoms with Crippen molar-refractivity contribution in [3.8, 4) is 6.07 Å². The molecule has 1 aromatic rings. The van der Waals surface area contributed by atoms with E-state index in [0.717, 1.165) is 5.56 Å². The summed E-state index contributed by atoms with van der Waals surface area (Å²) in [5.41, 5.74) is 6.37. The van der Waals surface area contributed by atoms with Gasteiger partial charge in [0.05, 0.1) is 6.07 Å². The van der Waals surface area contributed by atoms with Gasteiger partial charge in [-0.15, -0.1) is 0 Å². The molecule has 14 heavy (non-hydrogen) atoms. The number of rotatable bonds is 0. The fourth-order valence-corrected chi connectivity index (χ4v) is 1.56. The Labute approximate surface area is 81.3 Å². The van der Waals surface area contributed by atoms with E-state index in [0.29, 0.717) is 11.3 Å². The molecule has 0 bridgehead atoms. The first-order valence-corrected chi connectivity index (χ1v) is 4.20. The summed E-state index contributed by atoms with van der Waals surface area (Å²) >= 11 is 0. The van der Waals surface area contributed by atoms with Crippen LogP contribution in [0.25, 0.3) is 0 Å². The van der Waals surface area contributed by atoms with Crippen LogP contribution in [0.15, 0.2) is 18.2 Å². The summed E-state index contributed by atoms with van der Waals surface area (Å²) in [6.45, 7) is 1.91. The van der Waals surface area contributed by atoms with Crippen molar-refractivity contribution in [1.82, 2.24) is 0 Å². The van der Waals surface area contributed by atoms with Gasteiger partial charge < -0.3 is 11.1 Å². The second-order valence-corrected chi connectivity index (χ2v) is 3.42. The van der Waals surface area contributed by atoms with Crippen LogP contribution in [0.5, 0.6) is 0 Å². The van der Waals surface area contributed by atoms with Crippen LogP contribution in [0.4, 0.5) is 5.69 Å². The first kappa shape index (κ1) is 8.73. The lowest BCUT2D eigenvalue weighted by atomic mass is 9.94. The summed E-state index contributed by atoms with van der Waals surface area (Å²) in [5.74, 6) is -0.458. The van der Waals surface area contributed by atoms with E-state index in [1.807, 2.05) is 19.1 Å². The summed E-state index contributed by atoms with van der Waals surface area (Å²) in [7, 11) is 0. The highest BCUT2D eigenvalue weighted by atomic mass is 16.2. The molecule has 0 saturated heterocycles. The van der Waals surface area contributed by atoms with Crippen LogP contribution in [0.2, 0.25) is 0 Å². The number of hydrogen-bond donors (Lipinski definition) is 2. The minimum absolute atomic E-state index is 0.458. The molecule has 70 valence electrons.